The third-order valence-electron chi connectivity index (χ3n) is 1.55. The number of aromatic nitrogens is 2. The molecule has 14 heavy (non-hydrogen) atoms. The SMILES string of the molecule is CC/C=C/CNc1ncc(F)c(N)n1. The molecule has 1 rings (SSSR count). The zero-order chi connectivity index (χ0) is 10.4. The second-order valence-corrected chi connectivity index (χ2v) is 2.69. The van der Waals surface area contributed by atoms with Gasteiger partial charge >= 0.3 is 0 Å². The molecule has 76 valence electrons. The molecule has 1 heterocycles. The Kier molecular flexibility index (Phi) is 3.84. The summed E-state index contributed by atoms with van der Waals surface area (Å²) in [6, 6.07) is 0. The fourth-order valence-corrected chi connectivity index (χ4v) is 0.866. The maximum atomic E-state index is 12.6. The Hall–Kier alpha value is -1.65. The molecule has 3 N–H and O–H groups in total. The third kappa shape index (κ3) is 3.01. The van der Waals surface area contributed by atoms with Crippen molar-refractivity contribution in [3.63, 3.8) is 0 Å². The molecule has 0 saturated carbocycles. The van der Waals surface area contributed by atoms with Crippen molar-refractivity contribution in [1.29, 1.82) is 0 Å². The first-order valence-electron chi connectivity index (χ1n) is 4.41. The van der Waals surface area contributed by atoms with Gasteiger partial charge in [-0.3, -0.25) is 0 Å². The van der Waals surface area contributed by atoms with Gasteiger partial charge in [0.2, 0.25) is 5.95 Å². The molecule has 0 aliphatic heterocycles. The summed E-state index contributed by atoms with van der Waals surface area (Å²) in [6.07, 6.45) is 5.99. The first-order chi connectivity index (χ1) is 6.74. The molecule has 0 unspecified atom stereocenters. The normalized spacial score (nSPS) is 10.7. The van der Waals surface area contributed by atoms with E-state index in [1.807, 2.05) is 19.1 Å². The summed E-state index contributed by atoms with van der Waals surface area (Å²) >= 11 is 0. The summed E-state index contributed by atoms with van der Waals surface area (Å²) in [7, 11) is 0. The van der Waals surface area contributed by atoms with Gasteiger partial charge in [-0.05, 0) is 6.42 Å². The molecule has 0 aromatic carbocycles. The zero-order valence-electron chi connectivity index (χ0n) is 8.00. The number of hydrogen-bond donors (Lipinski definition) is 2. The lowest BCUT2D eigenvalue weighted by Crippen LogP contribution is -2.06. The summed E-state index contributed by atoms with van der Waals surface area (Å²) in [4.78, 5) is 7.44. The standard InChI is InChI=1S/C9H13FN4/c1-2-3-4-5-12-9-13-6-7(10)8(11)14-9/h3-4,6H,2,5H2,1H3,(H3,11,12,13,14)/b4-3+. The second-order valence-electron chi connectivity index (χ2n) is 2.69. The molecule has 0 bridgehead atoms. The lowest BCUT2D eigenvalue weighted by Gasteiger charge is -2.01. The Morgan fingerprint density at radius 1 is 1.57 bits per heavy atom. The number of nitrogens with zero attached hydrogens (tertiary/aromatic N) is 2. The minimum atomic E-state index is -0.598. The highest BCUT2D eigenvalue weighted by molar-refractivity contribution is 5.36. The highest BCUT2D eigenvalue weighted by Crippen LogP contribution is 2.06. The van der Waals surface area contributed by atoms with E-state index in [2.05, 4.69) is 15.3 Å². The molecule has 0 aliphatic carbocycles. The number of halogens is 1. The Morgan fingerprint density at radius 2 is 2.36 bits per heavy atom. The van der Waals surface area contributed by atoms with Crippen LogP contribution in [0.25, 0.3) is 0 Å². The lowest BCUT2D eigenvalue weighted by molar-refractivity contribution is 0.620. The number of rotatable bonds is 4. The van der Waals surface area contributed by atoms with Crippen LogP contribution in [0.3, 0.4) is 0 Å². The number of nitrogen functional groups attached to an aromatic ring is 1. The first kappa shape index (κ1) is 10.4. The fourth-order valence-electron chi connectivity index (χ4n) is 0.866. The molecule has 5 heteroatoms. The molecule has 0 atom stereocenters. The van der Waals surface area contributed by atoms with E-state index in [4.69, 9.17) is 5.73 Å². The van der Waals surface area contributed by atoms with E-state index in [0.717, 1.165) is 12.6 Å². The number of hydrogen-bond acceptors (Lipinski definition) is 4. The maximum Gasteiger partial charge on any atom is 0.225 e. The van der Waals surface area contributed by atoms with Crippen molar-refractivity contribution in [3.05, 3.63) is 24.2 Å². The van der Waals surface area contributed by atoms with Crippen molar-refractivity contribution in [2.45, 2.75) is 13.3 Å². The Balaban J connectivity index is 2.51. The topological polar surface area (TPSA) is 63.8 Å². The predicted molar refractivity (Wildman–Crippen MR) is 54.3 cm³/mol. The largest absolute Gasteiger partial charge is 0.381 e. The van der Waals surface area contributed by atoms with Gasteiger partial charge in [-0.15, -0.1) is 0 Å². The van der Waals surface area contributed by atoms with Crippen LogP contribution in [0, 0.1) is 5.82 Å². The van der Waals surface area contributed by atoms with Gasteiger partial charge < -0.3 is 11.1 Å². The molecular weight excluding hydrogens is 183 g/mol. The van der Waals surface area contributed by atoms with Gasteiger partial charge in [0.15, 0.2) is 11.6 Å². The van der Waals surface area contributed by atoms with Crippen LogP contribution < -0.4 is 11.1 Å². The summed E-state index contributed by atoms with van der Waals surface area (Å²) < 4.78 is 12.6. The smallest absolute Gasteiger partial charge is 0.225 e. The lowest BCUT2D eigenvalue weighted by atomic mass is 10.4. The summed E-state index contributed by atoms with van der Waals surface area (Å²) in [6.45, 7) is 2.65. The summed E-state index contributed by atoms with van der Waals surface area (Å²) in [5.41, 5.74) is 5.27. The van der Waals surface area contributed by atoms with Gasteiger partial charge in [-0.25, -0.2) is 9.37 Å². The molecule has 4 nitrogen and oxygen atoms in total. The number of anilines is 2. The van der Waals surface area contributed by atoms with Crippen molar-refractivity contribution < 1.29 is 4.39 Å². The summed E-state index contributed by atoms with van der Waals surface area (Å²) in [5.74, 6) is -0.397. The van der Waals surface area contributed by atoms with Gasteiger partial charge in [0.05, 0.1) is 6.20 Å². The van der Waals surface area contributed by atoms with Gasteiger partial charge in [0.1, 0.15) is 0 Å². The van der Waals surface area contributed by atoms with Gasteiger partial charge in [-0.1, -0.05) is 19.1 Å². The molecule has 0 fully saturated rings. The van der Waals surface area contributed by atoms with Crippen LogP contribution in [0.15, 0.2) is 18.3 Å². The van der Waals surface area contributed by atoms with Crippen LogP contribution in [0.1, 0.15) is 13.3 Å². The van der Waals surface area contributed by atoms with E-state index < -0.39 is 5.82 Å². The molecular formula is C9H13FN4. The van der Waals surface area contributed by atoms with E-state index in [-0.39, 0.29) is 5.82 Å². The number of allylic oxidation sites excluding steroid dienone is 1. The van der Waals surface area contributed by atoms with E-state index in [1.165, 1.54) is 0 Å². The zero-order valence-corrected chi connectivity index (χ0v) is 8.00. The van der Waals surface area contributed by atoms with Crippen LogP contribution >= 0.6 is 0 Å². The first-order valence-corrected chi connectivity index (χ1v) is 4.41. The average Bonchev–Trinajstić information content (AvgIpc) is 2.18. The van der Waals surface area contributed by atoms with Crippen molar-refractivity contribution in [1.82, 2.24) is 9.97 Å². The van der Waals surface area contributed by atoms with Gasteiger partial charge in [-0.2, -0.15) is 4.98 Å². The Bertz CT molecular complexity index is 325. The van der Waals surface area contributed by atoms with Gasteiger partial charge in [0, 0.05) is 6.54 Å². The van der Waals surface area contributed by atoms with E-state index in [1.54, 1.807) is 0 Å². The summed E-state index contributed by atoms with van der Waals surface area (Å²) in [5, 5.41) is 2.89. The average molecular weight is 196 g/mol. The van der Waals surface area contributed by atoms with Crippen LogP contribution in [0.5, 0.6) is 0 Å². The minimum Gasteiger partial charge on any atom is -0.381 e. The van der Waals surface area contributed by atoms with Crippen LogP contribution in [0.4, 0.5) is 16.2 Å². The van der Waals surface area contributed by atoms with E-state index in [9.17, 15) is 4.39 Å². The van der Waals surface area contributed by atoms with Gasteiger partial charge in [0.25, 0.3) is 0 Å². The molecule has 0 amide bonds. The second kappa shape index (κ2) is 5.16. The molecule has 1 aromatic rings. The van der Waals surface area contributed by atoms with Crippen molar-refractivity contribution in [3.8, 4) is 0 Å². The Morgan fingerprint density at radius 3 is 3.00 bits per heavy atom. The maximum absolute atomic E-state index is 12.6. The highest BCUT2D eigenvalue weighted by atomic mass is 19.1. The fraction of sp³-hybridized carbons (Fsp3) is 0.333. The van der Waals surface area contributed by atoms with Crippen molar-refractivity contribution in [2.24, 2.45) is 0 Å². The Labute approximate surface area is 82.1 Å². The predicted octanol–water partition coefficient (Wildman–Crippen LogP) is 1.58. The van der Waals surface area contributed by atoms with Crippen molar-refractivity contribution in [2.75, 3.05) is 17.6 Å². The van der Waals surface area contributed by atoms with Crippen LogP contribution in [-0.2, 0) is 0 Å². The molecule has 0 saturated heterocycles. The molecule has 0 radical (unpaired) electrons. The van der Waals surface area contributed by atoms with E-state index >= 15 is 0 Å². The monoisotopic (exact) mass is 196 g/mol. The molecule has 0 aliphatic rings. The third-order valence-corrected chi connectivity index (χ3v) is 1.55. The number of nitrogens with one attached hydrogen (secondary N) is 1. The quantitative estimate of drug-likeness (QED) is 0.717. The molecule has 1 aromatic heterocycles. The van der Waals surface area contributed by atoms with Crippen molar-refractivity contribution >= 4 is 11.8 Å². The minimum absolute atomic E-state index is 0.137. The van der Waals surface area contributed by atoms with E-state index in [0.29, 0.717) is 12.5 Å². The van der Waals surface area contributed by atoms with Crippen LogP contribution in [-0.4, -0.2) is 16.5 Å². The highest BCUT2D eigenvalue weighted by Gasteiger charge is 2.00. The molecule has 0 spiro atoms. The number of nitrogens with two attached hydrogens (primary N) is 1. The van der Waals surface area contributed by atoms with Crippen LogP contribution in [0.2, 0.25) is 0 Å².